The molecule has 0 atom stereocenters. The average Bonchev–Trinajstić information content (AvgIpc) is 2.04. The van der Waals surface area contributed by atoms with Crippen LogP contribution in [0, 0.1) is 6.42 Å². The second-order valence-corrected chi connectivity index (χ2v) is 2.60. The molecule has 1 aliphatic carbocycles. The molecule has 0 fully saturated rings. The molecule has 1 rings (SSSR count). The Morgan fingerprint density at radius 1 is 1.20 bits per heavy atom. The predicted molar refractivity (Wildman–Crippen MR) is 45.7 cm³/mol. The zero-order valence-electron chi connectivity index (χ0n) is 6.85. The Balaban J connectivity index is 2.73. The molecular formula is C10H15. The maximum atomic E-state index is 2.33. The summed E-state index contributed by atoms with van der Waals surface area (Å²) >= 11 is 0. The Morgan fingerprint density at radius 3 is 2.40 bits per heavy atom. The Morgan fingerprint density at radius 2 is 1.90 bits per heavy atom. The second-order valence-electron chi connectivity index (χ2n) is 2.60. The number of allylic oxidation sites excluding steroid dienone is 4. The normalized spacial score (nSPS) is 18.2. The highest BCUT2D eigenvalue weighted by molar-refractivity contribution is 5.34. The fourth-order valence-electron chi connectivity index (χ4n) is 1.38. The number of hydrogen-bond acceptors (Lipinski definition) is 0. The molecule has 0 heteroatoms. The van der Waals surface area contributed by atoms with Crippen molar-refractivity contribution in [2.24, 2.45) is 0 Å². The largest absolute Gasteiger partial charge is 0.0836 e. The van der Waals surface area contributed by atoms with Crippen LogP contribution in [-0.4, -0.2) is 0 Å². The van der Waals surface area contributed by atoms with Crippen LogP contribution in [0.5, 0.6) is 0 Å². The highest BCUT2D eigenvalue weighted by Crippen LogP contribution is 2.22. The monoisotopic (exact) mass is 135 g/mol. The van der Waals surface area contributed by atoms with Gasteiger partial charge in [0.15, 0.2) is 0 Å². The van der Waals surface area contributed by atoms with Gasteiger partial charge in [-0.2, -0.15) is 0 Å². The molecule has 0 saturated carbocycles. The van der Waals surface area contributed by atoms with Gasteiger partial charge in [-0.05, 0) is 31.3 Å². The summed E-state index contributed by atoms with van der Waals surface area (Å²) < 4.78 is 0. The first-order valence-electron chi connectivity index (χ1n) is 4.10. The molecular weight excluding hydrogens is 120 g/mol. The van der Waals surface area contributed by atoms with Gasteiger partial charge in [-0.25, -0.2) is 0 Å². The fraction of sp³-hybridized carbons (Fsp3) is 0.500. The Labute approximate surface area is 63.6 Å². The van der Waals surface area contributed by atoms with Gasteiger partial charge in [-0.15, -0.1) is 0 Å². The summed E-state index contributed by atoms with van der Waals surface area (Å²) in [7, 11) is 0. The third-order valence-electron chi connectivity index (χ3n) is 1.99. The third-order valence-corrected chi connectivity index (χ3v) is 1.99. The van der Waals surface area contributed by atoms with Crippen molar-refractivity contribution in [1.29, 1.82) is 0 Å². The molecule has 1 radical (unpaired) electrons. The van der Waals surface area contributed by atoms with Gasteiger partial charge in [0.25, 0.3) is 0 Å². The van der Waals surface area contributed by atoms with Crippen molar-refractivity contribution in [2.75, 3.05) is 0 Å². The van der Waals surface area contributed by atoms with E-state index in [-0.39, 0.29) is 0 Å². The number of hydrogen-bond donors (Lipinski definition) is 0. The van der Waals surface area contributed by atoms with Gasteiger partial charge in [-0.1, -0.05) is 31.6 Å². The fourth-order valence-corrected chi connectivity index (χ4v) is 1.38. The molecule has 0 heterocycles. The van der Waals surface area contributed by atoms with Gasteiger partial charge >= 0.3 is 0 Å². The summed E-state index contributed by atoms with van der Waals surface area (Å²) in [6.45, 7) is 4.44. The van der Waals surface area contributed by atoms with Crippen LogP contribution in [0.3, 0.4) is 0 Å². The molecule has 1 aliphatic rings. The van der Waals surface area contributed by atoms with Gasteiger partial charge in [0.05, 0.1) is 0 Å². The van der Waals surface area contributed by atoms with Crippen LogP contribution in [0.25, 0.3) is 0 Å². The van der Waals surface area contributed by atoms with Gasteiger partial charge in [0.1, 0.15) is 0 Å². The summed E-state index contributed by atoms with van der Waals surface area (Å²) in [5.41, 5.74) is 3.07. The van der Waals surface area contributed by atoms with Crippen molar-refractivity contribution in [2.45, 2.75) is 33.1 Å². The van der Waals surface area contributed by atoms with E-state index in [1.165, 1.54) is 18.4 Å². The molecule has 55 valence electrons. The molecule has 0 bridgehead atoms. The van der Waals surface area contributed by atoms with E-state index in [9.17, 15) is 0 Å². The van der Waals surface area contributed by atoms with Crippen molar-refractivity contribution in [3.05, 3.63) is 29.7 Å². The molecule has 0 amide bonds. The molecule has 0 aliphatic heterocycles. The minimum absolute atomic E-state index is 1.13. The molecule has 0 aromatic rings. The van der Waals surface area contributed by atoms with Crippen molar-refractivity contribution in [1.82, 2.24) is 0 Å². The molecule has 0 aromatic carbocycles. The van der Waals surface area contributed by atoms with E-state index in [4.69, 9.17) is 0 Å². The van der Waals surface area contributed by atoms with Crippen molar-refractivity contribution < 1.29 is 0 Å². The van der Waals surface area contributed by atoms with Crippen LogP contribution < -0.4 is 0 Å². The molecule has 0 nitrogen and oxygen atoms in total. The van der Waals surface area contributed by atoms with Crippen LogP contribution in [0.1, 0.15) is 33.1 Å². The first kappa shape index (κ1) is 7.59. The Hall–Kier alpha value is -0.520. The minimum Gasteiger partial charge on any atom is -0.0836 e. The van der Waals surface area contributed by atoms with Gasteiger partial charge in [-0.3, -0.25) is 0 Å². The minimum atomic E-state index is 1.13. The van der Waals surface area contributed by atoms with E-state index in [1.807, 2.05) is 0 Å². The zero-order valence-corrected chi connectivity index (χ0v) is 6.85. The second kappa shape index (κ2) is 3.60. The van der Waals surface area contributed by atoms with Crippen LogP contribution in [-0.2, 0) is 0 Å². The third kappa shape index (κ3) is 1.50. The maximum absolute atomic E-state index is 2.33. The molecule has 0 unspecified atom stereocenters. The molecule has 0 spiro atoms. The highest BCUT2D eigenvalue weighted by atomic mass is 14.1. The van der Waals surface area contributed by atoms with Crippen LogP contribution in [0.15, 0.2) is 23.3 Å². The van der Waals surface area contributed by atoms with Gasteiger partial charge in [0, 0.05) is 0 Å². The first-order chi connectivity index (χ1) is 4.88. The van der Waals surface area contributed by atoms with E-state index in [1.54, 1.807) is 5.57 Å². The SMILES string of the molecule is CCC1=C(CC)C=CC[CH]1. The average molecular weight is 135 g/mol. The Bertz CT molecular complexity index is 161. The zero-order chi connectivity index (χ0) is 7.40. The summed E-state index contributed by atoms with van der Waals surface area (Å²) in [6, 6.07) is 0. The van der Waals surface area contributed by atoms with Crippen LogP contribution in [0.4, 0.5) is 0 Å². The maximum Gasteiger partial charge on any atom is -0.00940 e. The van der Waals surface area contributed by atoms with Gasteiger partial charge < -0.3 is 0 Å². The molecule has 0 saturated heterocycles. The molecule has 0 aromatic heterocycles. The lowest BCUT2D eigenvalue weighted by molar-refractivity contribution is 0.976. The summed E-state index contributed by atoms with van der Waals surface area (Å²) in [5.74, 6) is 0. The topological polar surface area (TPSA) is 0 Å². The lowest BCUT2D eigenvalue weighted by Gasteiger charge is -2.12. The quantitative estimate of drug-likeness (QED) is 0.545. The van der Waals surface area contributed by atoms with Crippen LogP contribution in [0.2, 0.25) is 0 Å². The summed E-state index contributed by atoms with van der Waals surface area (Å²) in [4.78, 5) is 0. The lowest BCUT2D eigenvalue weighted by Crippen LogP contribution is -1.93. The van der Waals surface area contributed by atoms with E-state index in [2.05, 4.69) is 32.4 Å². The first-order valence-corrected chi connectivity index (χ1v) is 4.10. The lowest BCUT2D eigenvalue weighted by atomic mass is 9.94. The summed E-state index contributed by atoms with van der Waals surface area (Å²) in [6.07, 6.45) is 10.3. The molecule has 0 N–H and O–H groups in total. The van der Waals surface area contributed by atoms with E-state index in [0.29, 0.717) is 0 Å². The smallest absolute Gasteiger partial charge is 0.00940 e. The van der Waals surface area contributed by atoms with E-state index >= 15 is 0 Å². The molecule has 10 heavy (non-hydrogen) atoms. The van der Waals surface area contributed by atoms with Crippen molar-refractivity contribution >= 4 is 0 Å². The van der Waals surface area contributed by atoms with Crippen molar-refractivity contribution in [3.63, 3.8) is 0 Å². The van der Waals surface area contributed by atoms with E-state index < -0.39 is 0 Å². The summed E-state index contributed by atoms with van der Waals surface area (Å²) in [5, 5.41) is 0. The van der Waals surface area contributed by atoms with Gasteiger partial charge in [0.2, 0.25) is 0 Å². The number of rotatable bonds is 2. The van der Waals surface area contributed by atoms with Crippen molar-refractivity contribution in [3.8, 4) is 0 Å². The highest BCUT2D eigenvalue weighted by Gasteiger charge is 2.03. The Kier molecular flexibility index (Phi) is 2.73. The predicted octanol–water partition coefficient (Wildman–Crippen LogP) is 3.27. The van der Waals surface area contributed by atoms with Crippen LogP contribution >= 0.6 is 0 Å². The van der Waals surface area contributed by atoms with E-state index in [0.717, 1.165) is 6.42 Å². The standard InChI is InChI=1S/C10H15/c1-3-9-7-5-6-8-10(9)4-2/h5,7-8H,3-4,6H2,1-2H3.